The summed E-state index contributed by atoms with van der Waals surface area (Å²) in [4.78, 5) is 7.18. The SMILES string of the molecule is CCNC(=NCc1ccc(CN2CC(C)OC(C)C2)cc1)NC(C)CC.I. The number of benzene rings is 1. The van der Waals surface area contributed by atoms with Crippen molar-refractivity contribution < 1.29 is 4.74 Å². The standard InChI is InChI=1S/C21H36N4O.HI/c1-6-16(3)24-21(22-7-2)23-12-19-8-10-20(11-9-19)15-25-13-17(4)26-18(5)14-25;/h8-11,16-18H,6-7,12-15H2,1-5H3,(H2,22,23,24);1H. The van der Waals surface area contributed by atoms with Crippen LogP contribution in [0.4, 0.5) is 0 Å². The zero-order valence-corrected chi connectivity index (χ0v) is 19.8. The lowest BCUT2D eigenvalue weighted by atomic mass is 10.1. The average molecular weight is 488 g/mol. The van der Waals surface area contributed by atoms with Crippen molar-refractivity contribution in [2.24, 2.45) is 4.99 Å². The van der Waals surface area contributed by atoms with Crippen LogP contribution in [-0.2, 0) is 17.8 Å². The maximum Gasteiger partial charge on any atom is 0.191 e. The van der Waals surface area contributed by atoms with E-state index in [-0.39, 0.29) is 24.0 Å². The first kappa shape index (κ1) is 24.2. The molecule has 5 nitrogen and oxygen atoms in total. The monoisotopic (exact) mass is 488 g/mol. The summed E-state index contributed by atoms with van der Waals surface area (Å²) in [5.41, 5.74) is 2.59. The molecule has 0 aromatic heterocycles. The Morgan fingerprint density at radius 2 is 1.74 bits per heavy atom. The molecule has 3 atom stereocenters. The highest BCUT2D eigenvalue weighted by Gasteiger charge is 2.21. The molecule has 0 radical (unpaired) electrons. The van der Waals surface area contributed by atoms with Crippen molar-refractivity contribution in [2.75, 3.05) is 19.6 Å². The maximum absolute atomic E-state index is 5.81. The predicted molar refractivity (Wildman–Crippen MR) is 125 cm³/mol. The summed E-state index contributed by atoms with van der Waals surface area (Å²) in [6.07, 6.45) is 1.71. The number of rotatable bonds is 7. The molecule has 0 aliphatic carbocycles. The van der Waals surface area contributed by atoms with E-state index >= 15 is 0 Å². The first-order valence-electron chi connectivity index (χ1n) is 10.0. The van der Waals surface area contributed by atoms with E-state index in [1.807, 2.05) is 0 Å². The largest absolute Gasteiger partial charge is 0.373 e. The van der Waals surface area contributed by atoms with Crippen molar-refractivity contribution in [3.8, 4) is 0 Å². The molecule has 1 aromatic rings. The van der Waals surface area contributed by atoms with Crippen molar-refractivity contribution in [1.29, 1.82) is 0 Å². The van der Waals surface area contributed by atoms with Gasteiger partial charge in [0.25, 0.3) is 0 Å². The Labute approximate surface area is 182 Å². The van der Waals surface area contributed by atoms with E-state index in [4.69, 9.17) is 9.73 Å². The lowest BCUT2D eigenvalue weighted by Gasteiger charge is -2.35. The second kappa shape index (κ2) is 12.6. The third-order valence-electron chi connectivity index (χ3n) is 4.68. The van der Waals surface area contributed by atoms with E-state index < -0.39 is 0 Å². The molecular formula is C21H37IN4O. The Morgan fingerprint density at radius 3 is 2.30 bits per heavy atom. The topological polar surface area (TPSA) is 48.9 Å². The molecule has 0 saturated carbocycles. The first-order valence-corrected chi connectivity index (χ1v) is 10.0. The van der Waals surface area contributed by atoms with Crippen LogP contribution in [0.2, 0.25) is 0 Å². The van der Waals surface area contributed by atoms with E-state index in [0.29, 0.717) is 24.8 Å². The van der Waals surface area contributed by atoms with Crippen molar-refractivity contribution >= 4 is 29.9 Å². The quantitative estimate of drug-likeness (QED) is 0.349. The highest BCUT2D eigenvalue weighted by atomic mass is 127. The molecule has 0 spiro atoms. The van der Waals surface area contributed by atoms with Gasteiger partial charge in [-0.25, -0.2) is 4.99 Å². The Kier molecular flexibility index (Phi) is 11.3. The summed E-state index contributed by atoms with van der Waals surface area (Å²) >= 11 is 0. The molecule has 2 N–H and O–H groups in total. The zero-order chi connectivity index (χ0) is 18.9. The Bertz CT molecular complexity index is 554. The molecule has 27 heavy (non-hydrogen) atoms. The van der Waals surface area contributed by atoms with Gasteiger partial charge in [-0.3, -0.25) is 4.90 Å². The molecular weight excluding hydrogens is 451 g/mol. The normalized spacial score (nSPS) is 22.0. The van der Waals surface area contributed by atoms with Gasteiger partial charge in [0, 0.05) is 32.2 Å². The van der Waals surface area contributed by atoms with Gasteiger partial charge in [-0.15, -0.1) is 24.0 Å². The van der Waals surface area contributed by atoms with Crippen LogP contribution in [0.1, 0.15) is 52.2 Å². The number of guanidine groups is 1. The Hall–Kier alpha value is -0.860. The molecule has 1 aliphatic rings. The second-order valence-corrected chi connectivity index (χ2v) is 7.42. The van der Waals surface area contributed by atoms with Crippen LogP contribution in [0.15, 0.2) is 29.3 Å². The molecule has 1 fully saturated rings. The number of hydrogen-bond acceptors (Lipinski definition) is 3. The number of aliphatic imine (C=N–C) groups is 1. The molecule has 0 bridgehead atoms. The third-order valence-corrected chi connectivity index (χ3v) is 4.68. The predicted octanol–water partition coefficient (Wildman–Crippen LogP) is 3.77. The van der Waals surface area contributed by atoms with Gasteiger partial charge in [-0.2, -0.15) is 0 Å². The van der Waals surface area contributed by atoms with Crippen molar-refractivity contribution in [3.63, 3.8) is 0 Å². The molecule has 0 amide bonds. The molecule has 1 aliphatic heterocycles. The molecule has 1 saturated heterocycles. The van der Waals surface area contributed by atoms with Gasteiger partial charge in [-0.1, -0.05) is 31.2 Å². The van der Waals surface area contributed by atoms with Crippen LogP contribution in [0.25, 0.3) is 0 Å². The fourth-order valence-electron chi connectivity index (χ4n) is 3.25. The van der Waals surface area contributed by atoms with Gasteiger partial charge < -0.3 is 15.4 Å². The minimum Gasteiger partial charge on any atom is -0.373 e. The lowest BCUT2D eigenvalue weighted by molar-refractivity contribution is -0.0704. The fraction of sp³-hybridized carbons (Fsp3) is 0.667. The van der Waals surface area contributed by atoms with Gasteiger partial charge in [0.15, 0.2) is 5.96 Å². The van der Waals surface area contributed by atoms with Crippen LogP contribution >= 0.6 is 24.0 Å². The molecule has 3 unspecified atom stereocenters. The lowest BCUT2D eigenvalue weighted by Crippen LogP contribution is -2.44. The highest BCUT2D eigenvalue weighted by molar-refractivity contribution is 14.0. The molecule has 2 rings (SSSR count). The van der Waals surface area contributed by atoms with Crippen LogP contribution in [0.3, 0.4) is 0 Å². The number of nitrogens with one attached hydrogen (secondary N) is 2. The van der Waals surface area contributed by atoms with E-state index in [2.05, 4.69) is 74.4 Å². The number of halogens is 1. The van der Waals surface area contributed by atoms with E-state index in [0.717, 1.165) is 38.6 Å². The number of hydrogen-bond donors (Lipinski definition) is 2. The summed E-state index contributed by atoms with van der Waals surface area (Å²) in [7, 11) is 0. The molecule has 154 valence electrons. The van der Waals surface area contributed by atoms with Crippen LogP contribution in [0, 0.1) is 0 Å². The average Bonchev–Trinajstić information content (AvgIpc) is 2.60. The summed E-state index contributed by atoms with van der Waals surface area (Å²) in [5, 5.41) is 6.74. The van der Waals surface area contributed by atoms with Crippen molar-refractivity contribution in [1.82, 2.24) is 15.5 Å². The van der Waals surface area contributed by atoms with Gasteiger partial charge >= 0.3 is 0 Å². The van der Waals surface area contributed by atoms with Crippen LogP contribution < -0.4 is 10.6 Å². The van der Waals surface area contributed by atoms with Crippen LogP contribution in [-0.4, -0.2) is 48.7 Å². The van der Waals surface area contributed by atoms with E-state index in [1.165, 1.54) is 11.1 Å². The van der Waals surface area contributed by atoms with E-state index in [1.54, 1.807) is 0 Å². The van der Waals surface area contributed by atoms with Crippen LogP contribution in [0.5, 0.6) is 0 Å². The minimum atomic E-state index is 0. The minimum absolute atomic E-state index is 0. The molecule has 1 aromatic carbocycles. The number of nitrogens with zero attached hydrogens (tertiary/aromatic N) is 2. The smallest absolute Gasteiger partial charge is 0.191 e. The van der Waals surface area contributed by atoms with E-state index in [9.17, 15) is 0 Å². The Balaban J connectivity index is 0.00000364. The van der Waals surface area contributed by atoms with Gasteiger partial charge in [0.1, 0.15) is 0 Å². The Morgan fingerprint density at radius 1 is 1.15 bits per heavy atom. The number of ether oxygens (including phenoxy) is 1. The van der Waals surface area contributed by atoms with Crippen molar-refractivity contribution in [2.45, 2.75) is 72.4 Å². The van der Waals surface area contributed by atoms with Gasteiger partial charge in [0.2, 0.25) is 0 Å². The highest BCUT2D eigenvalue weighted by Crippen LogP contribution is 2.15. The van der Waals surface area contributed by atoms with Gasteiger partial charge in [0.05, 0.1) is 18.8 Å². The maximum atomic E-state index is 5.81. The summed E-state index contributed by atoms with van der Waals surface area (Å²) in [5.74, 6) is 0.891. The summed E-state index contributed by atoms with van der Waals surface area (Å²) < 4.78 is 5.81. The van der Waals surface area contributed by atoms with Gasteiger partial charge in [-0.05, 0) is 45.2 Å². The first-order chi connectivity index (χ1) is 12.5. The second-order valence-electron chi connectivity index (χ2n) is 7.42. The fourth-order valence-corrected chi connectivity index (χ4v) is 3.25. The third kappa shape index (κ3) is 8.79. The number of morpholine rings is 1. The van der Waals surface area contributed by atoms with Crippen molar-refractivity contribution in [3.05, 3.63) is 35.4 Å². The summed E-state index contributed by atoms with van der Waals surface area (Å²) in [6, 6.07) is 9.27. The zero-order valence-electron chi connectivity index (χ0n) is 17.5. The molecule has 1 heterocycles. The summed E-state index contributed by atoms with van der Waals surface area (Å²) in [6.45, 7) is 15.3. The molecule has 6 heteroatoms.